The average molecular weight is 236 g/mol. The lowest BCUT2D eigenvalue weighted by Gasteiger charge is -2.19. The first-order valence-electron chi connectivity index (χ1n) is 6.52. The molecule has 0 saturated carbocycles. The molecule has 1 aromatic heterocycles. The van der Waals surface area contributed by atoms with E-state index in [0.717, 1.165) is 50.5 Å². The van der Waals surface area contributed by atoms with Crippen LogP contribution in [0, 0.1) is 0 Å². The minimum Gasteiger partial charge on any atom is -0.396 e. The van der Waals surface area contributed by atoms with Crippen molar-refractivity contribution in [1.29, 1.82) is 0 Å². The van der Waals surface area contributed by atoms with Crippen molar-refractivity contribution < 1.29 is 5.11 Å². The van der Waals surface area contributed by atoms with Crippen LogP contribution in [0.25, 0.3) is 0 Å². The van der Waals surface area contributed by atoms with Crippen LogP contribution in [-0.2, 0) is 6.54 Å². The first-order chi connectivity index (χ1) is 8.28. The summed E-state index contributed by atoms with van der Waals surface area (Å²) in [6.45, 7) is 3.36. The molecule has 0 radical (unpaired) electrons. The van der Waals surface area contributed by atoms with Gasteiger partial charge in [-0.3, -0.25) is 0 Å². The van der Waals surface area contributed by atoms with Crippen LogP contribution in [0.1, 0.15) is 42.7 Å². The van der Waals surface area contributed by atoms with Crippen molar-refractivity contribution in [3.05, 3.63) is 11.6 Å². The van der Waals surface area contributed by atoms with Gasteiger partial charge < -0.3 is 10.0 Å². The summed E-state index contributed by atoms with van der Waals surface area (Å²) in [5, 5.41) is 14.0. The highest BCUT2D eigenvalue weighted by atomic mass is 16.3. The summed E-state index contributed by atoms with van der Waals surface area (Å²) < 4.78 is 2.01. The fourth-order valence-corrected chi connectivity index (χ4v) is 2.95. The second-order valence-corrected chi connectivity index (χ2v) is 5.32. The summed E-state index contributed by atoms with van der Waals surface area (Å²) in [4.78, 5) is 7.01. The van der Waals surface area contributed by atoms with Crippen LogP contribution in [0.3, 0.4) is 0 Å². The molecule has 2 aliphatic heterocycles. The lowest BCUT2D eigenvalue weighted by Crippen LogP contribution is -2.19. The minimum absolute atomic E-state index is 0.197. The predicted molar refractivity (Wildman–Crippen MR) is 63.9 cm³/mol. The van der Waals surface area contributed by atoms with Gasteiger partial charge in [-0.1, -0.05) is 0 Å². The number of likely N-dealkylation sites (N-methyl/N-ethyl adjacent to an activating group) is 1. The van der Waals surface area contributed by atoms with Crippen LogP contribution in [0.2, 0.25) is 0 Å². The number of hydrogen-bond donors (Lipinski definition) is 1. The Morgan fingerprint density at radius 3 is 2.94 bits per heavy atom. The third kappa shape index (κ3) is 1.98. The average Bonchev–Trinajstić information content (AvgIpc) is 2.93. The van der Waals surface area contributed by atoms with Crippen molar-refractivity contribution in [1.82, 2.24) is 19.7 Å². The second kappa shape index (κ2) is 4.38. The molecule has 1 saturated heterocycles. The zero-order chi connectivity index (χ0) is 11.8. The minimum atomic E-state index is 0.197. The number of fused-ring (bicyclic) bond motifs is 1. The maximum atomic E-state index is 9.37. The van der Waals surface area contributed by atoms with Gasteiger partial charge in [0.2, 0.25) is 0 Å². The number of aromatic nitrogens is 3. The van der Waals surface area contributed by atoms with Crippen molar-refractivity contribution in [2.45, 2.75) is 37.6 Å². The smallest absolute Gasteiger partial charge is 0.155 e. The molecular formula is C12H20N4O. The Balaban J connectivity index is 1.85. The molecule has 0 aliphatic carbocycles. The molecule has 1 N–H and O–H groups in total. The number of aliphatic hydroxyl groups is 1. The maximum absolute atomic E-state index is 9.37. The number of rotatable bonds is 2. The Bertz CT molecular complexity index is 403. The highest BCUT2D eigenvalue weighted by Crippen LogP contribution is 2.29. The van der Waals surface area contributed by atoms with Crippen molar-refractivity contribution in [2.75, 3.05) is 26.7 Å². The van der Waals surface area contributed by atoms with Gasteiger partial charge in [-0.25, -0.2) is 9.67 Å². The zero-order valence-electron chi connectivity index (χ0n) is 10.3. The van der Waals surface area contributed by atoms with Crippen LogP contribution in [0.15, 0.2) is 0 Å². The highest BCUT2D eigenvalue weighted by Gasteiger charge is 2.29. The van der Waals surface area contributed by atoms with Crippen LogP contribution in [0.4, 0.5) is 0 Å². The molecule has 17 heavy (non-hydrogen) atoms. The SMILES string of the molecule is CN1CCC(c2nc3n(n2)CCCC3CO)C1. The summed E-state index contributed by atoms with van der Waals surface area (Å²) >= 11 is 0. The topological polar surface area (TPSA) is 54.2 Å². The van der Waals surface area contributed by atoms with Crippen molar-refractivity contribution in [3.63, 3.8) is 0 Å². The molecule has 5 nitrogen and oxygen atoms in total. The van der Waals surface area contributed by atoms with Gasteiger partial charge in [0.05, 0.1) is 6.61 Å². The van der Waals surface area contributed by atoms with Gasteiger partial charge in [0.25, 0.3) is 0 Å². The van der Waals surface area contributed by atoms with E-state index in [-0.39, 0.29) is 12.5 Å². The molecule has 3 rings (SSSR count). The van der Waals surface area contributed by atoms with Crippen LogP contribution >= 0.6 is 0 Å². The van der Waals surface area contributed by atoms with E-state index in [1.807, 2.05) is 4.68 Å². The van der Waals surface area contributed by atoms with Gasteiger partial charge in [0, 0.05) is 24.9 Å². The molecule has 2 unspecified atom stereocenters. The number of aliphatic hydroxyl groups excluding tert-OH is 1. The van der Waals surface area contributed by atoms with E-state index >= 15 is 0 Å². The summed E-state index contributed by atoms with van der Waals surface area (Å²) in [5.74, 6) is 2.68. The number of likely N-dealkylation sites (tertiary alicyclic amines) is 1. The highest BCUT2D eigenvalue weighted by molar-refractivity contribution is 5.08. The van der Waals surface area contributed by atoms with Gasteiger partial charge >= 0.3 is 0 Å². The lowest BCUT2D eigenvalue weighted by atomic mass is 10.0. The first kappa shape index (κ1) is 11.2. The maximum Gasteiger partial charge on any atom is 0.155 e. The van der Waals surface area contributed by atoms with Gasteiger partial charge in [-0.2, -0.15) is 5.10 Å². The van der Waals surface area contributed by atoms with E-state index in [4.69, 9.17) is 0 Å². The molecule has 1 aromatic rings. The molecule has 94 valence electrons. The van der Waals surface area contributed by atoms with E-state index in [9.17, 15) is 5.11 Å². The Kier molecular flexibility index (Phi) is 2.88. The zero-order valence-corrected chi connectivity index (χ0v) is 10.3. The summed E-state index contributed by atoms with van der Waals surface area (Å²) in [5.41, 5.74) is 0. The van der Waals surface area contributed by atoms with E-state index < -0.39 is 0 Å². The largest absolute Gasteiger partial charge is 0.396 e. The van der Waals surface area contributed by atoms with Gasteiger partial charge in [-0.05, 0) is 32.9 Å². The molecule has 0 aromatic carbocycles. The number of nitrogens with zero attached hydrogens (tertiary/aromatic N) is 4. The van der Waals surface area contributed by atoms with Crippen molar-refractivity contribution >= 4 is 0 Å². The summed E-state index contributed by atoms with van der Waals surface area (Å²) in [7, 11) is 2.15. The second-order valence-electron chi connectivity index (χ2n) is 5.32. The third-order valence-electron chi connectivity index (χ3n) is 3.98. The number of hydrogen-bond acceptors (Lipinski definition) is 4. The van der Waals surface area contributed by atoms with Crippen molar-refractivity contribution in [3.8, 4) is 0 Å². The quantitative estimate of drug-likeness (QED) is 0.815. The third-order valence-corrected chi connectivity index (χ3v) is 3.98. The van der Waals surface area contributed by atoms with Crippen LogP contribution in [0.5, 0.6) is 0 Å². The standard InChI is InChI=1S/C12H20N4O/c1-15-6-4-9(7-15)11-13-12-10(8-17)3-2-5-16(12)14-11/h9-10,17H,2-8H2,1H3. The molecular weight excluding hydrogens is 216 g/mol. The molecule has 5 heteroatoms. The van der Waals surface area contributed by atoms with Gasteiger partial charge in [-0.15, -0.1) is 0 Å². The normalized spacial score (nSPS) is 29.5. The van der Waals surface area contributed by atoms with Crippen LogP contribution in [-0.4, -0.2) is 51.5 Å². The van der Waals surface area contributed by atoms with Crippen molar-refractivity contribution in [2.24, 2.45) is 0 Å². The number of aryl methyl sites for hydroxylation is 1. The van der Waals surface area contributed by atoms with E-state index in [1.165, 1.54) is 0 Å². The van der Waals surface area contributed by atoms with E-state index in [2.05, 4.69) is 22.0 Å². The molecule has 1 fully saturated rings. The Hall–Kier alpha value is -0.940. The van der Waals surface area contributed by atoms with Crippen LogP contribution < -0.4 is 0 Å². The van der Waals surface area contributed by atoms with E-state index in [1.54, 1.807) is 0 Å². The molecule has 2 aliphatic rings. The summed E-state index contributed by atoms with van der Waals surface area (Å²) in [6, 6.07) is 0. The predicted octanol–water partition coefficient (Wildman–Crippen LogP) is 0.567. The Morgan fingerprint density at radius 1 is 1.35 bits per heavy atom. The summed E-state index contributed by atoms with van der Waals surface area (Å²) in [6.07, 6.45) is 3.30. The molecule has 2 atom stereocenters. The molecule has 3 heterocycles. The monoisotopic (exact) mass is 236 g/mol. The van der Waals surface area contributed by atoms with Gasteiger partial charge in [0.1, 0.15) is 5.82 Å². The Morgan fingerprint density at radius 2 is 2.24 bits per heavy atom. The first-order valence-corrected chi connectivity index (χ1v) is 6.52. The van der Waals surface area contributed by atoms with E-state index in [0.29, 0.717) is 5.92 Å². The molecule has 0 spiro atoms. The lowest BCUT2D eigenvalue weighted by molar-refractivity contribution is 0.234. The molecule has 0 amide bonds. The Labute approximate surface area is 101 Å². The molecule has 0 bridgehead atoms. The fraction of sp³-hybridized carbons (Fsp3) is 0.833. The van der Waals surface area contributed by atoms with Gasteiger partial charge in [0.15, 0.2) is 5.82 Å². The fourth-order valence-electron chi connectivity index (χ4n) is 2.95.